The molecule has 0 amide bonds. The lowest BCUT2D eigenvalue weighted by Crippen LogP contribution is -2.84. The van der Waals surface area contributed by atoms with E-state index in [-0.39, 0.29) is 0 Å². The van der Waals surface area contributed by atoms with Crippen molar-refractivity contribution in [3.63, 3.8) is 0 Å². The fraction of sp³-hybridized carbons (Fsp3) is 0.429. The first-order valence-corrected chi connectivity index (χ1v) is 9.12. The summed E-state index contributed by atoms with van der Waals surface area (Å²) >= 11 is 0. The van der Waals surface area contributed by atoms with E-state index >= 15 is 0 Å². The van der Waals surface area contributed by atoms with Crippen molar-refractivity contribution in [3.8, 4) is 11.5 Å². The van der Waals surface area contributed by atoms with Crippen LogP contribution in [0.1, 0.15) is 24.0 Å². The molecular formula is C21H28NO3+. The number of nitrogens with two attached hydrogens (primary N) is 1. The minimum Gasteiger partial charge on any atom is -0.493 e. The zero-order valence-corrected chi connectivity index (χ0v) is 14.9. The Hall–Kier alpha value is -2.04. The summed E-state index contributed by atoms with van der Waals surface area (Å²) in [7, 11) is 1.69. The van der Waals surface area contributed by atoms with Gasteiger partial charge in [0.15, 0.2) is 11.5 Å². The van der Waals surface area contributed by atoms with Crippen LogP contribution in [0.25, 0.3) is 0 Å². The van der Waals surface area contributed by atoms with Gasteiger partial charge < -0.3 is 19.5 Å². The quantitative estimate of drug-likeness (QED) is 0.762. The van der Waals surface area contributed by atoms with Crippen molar-refractivity contribution in [2.24, 2.45) is 0 Å². The van der Waals surface area contributed by atoms with Crippen molar-refractivity contribution < 1.29 is 19.5 Å². The molecule has 1 heterocycles. The lowest BCUT2D eigenvalue weighted by molar-refractivity contribution is -0.676. The third kappa shape index (κ3) is 5.48. The summed E-state index contributed by atoms with van der Waals surface area (Å²) in [5.41, 5.74) is 2.52. The van der Waals surface area contributed by atoms with Crippen molar-refractivity contribution in [1.29, 1.82) is 0 Å². The molecule has 2 N–H and O–H groups in total. The summed E-state index contributed by atoms with van der Waals surface area (Å²) in [5, 5.41) is 2.31. The molecule has 0 bridgehead atoms. The smallest absolute Gasteiger partial charge is 0.161 e. The molecule has 1 fully saturated rings. The first kappa shape index (κ1) is 17.8. The molecule has 1 aliphatic rings. The summed E-state index contributed by atoms with van der Waals surface area (Å²) in [5.74, 6) is 1.61. The van der Waals surface area contributed by atoms with Crippen LogP contribution >= 0.6 is 0 Å². The third-order valence-corrected chi connectivity index (χ3v) is 4.55. The molecule has 0 radical (unpaired) electrons. The van der Waals surface area contributed by atoms with Crippen molar-refractivity contribution >= 4 is 0 Å². The highest BCUT2D eigenvalue weighted by Gasteiger charge is 2.17. The van der Waals surface area contributed by atoms with Gasteiger partial charge in [-0.25, -0.2) is 0 Å². The first-order valence-electron chi connectivity index (χ1n) is 9.12. The van der Waals surface area contributed by atoms with Crippen molar-refractivity contribution in [2.75, 3.05) is 26.9 Å². The molecule has 0 unspecified atom stereocenters. The minimum absolute atomic E-state index is 0.419. The van der Waals surface area contributed by atoms with Gasteiger partial charge in [0.1, 0.15) is 19.2 Å². The van der Waals surface area contributed by atoms with Crippen LogP contribution in [0, 0.1) is 0 Å². The summed E-state index contributed by atoms with van der Waals surface area (Å²) in [4.78, 5) is 0. The van der Waals surface area contributed by atoms with Crippen LogP contribution < -0.4 is 14.8 Å². The third-order valence-electron chi connectivity index (χ3n) is 4.55. The van der Waals surface area contributed by atoms with E-state index in [0.717, 1.165) is 37.6 Å². The normalized spacial score (nSPS) is 16.8. The standard InChI is InChI=1S/C21H27NO3/c1-23-21-14-18(15-22-16-19-8-5-12-24-19)9-10-20(21)25-13-11-17-6-3-2-4-7-17/h2-4,6-7,9-10,14,19,22H,5,8,11-13,15-16H2,1H3/p+1/t19-/m1/s1. The molecule has 0 spiro atoms. The first-order chi connectivity index (χ1) is 12.3. The summed E-state index contributed by atoms with van der Waals surface area (Å²) in [6.45, 7) is 3.52. The Labute approximate surface area is 150 Å². The highest BCUT2D eigenvalue weighted by molar-refractivity contribution is 5.42. The Morgan fingerprint density at radius 3 is 2.72 bits per heavy atom. The van der Waals surface area contributed by atoms with Crippen LogP contribution in [-0.4, -0.2) is 33.0 Å². The second kappa shape index (κ2) is 9.44. The van der Waals surface area contributed by atoms with E-state index in [1.165, 1.54) is 24.0 Å². The molecule has 0 aromatic heterocycles. The van der Waals surface area contributed by atoms with Gasteiger partial charge in [-0.15, -0.1) is 0 Å². The molecule has 0 saturated carbocycles. The van der Waals surface area contributed by atoms with Gasteiger partial charge in [0, 0.05) is 18.6 Å². The fourth-order valence-corrected chi connectivity index (χ4v) is 3.15. The molecule has 1 aliphatic heterocycles. The number of benzene rings is 2. The molecule has 1 atom stereocenters. The van der Waals surface area contributed by atoms with Gasteiger partial charge in [-0.2, -0.15) is 0 Å². The Bertz CT molecular complexity index is 639. The Morgan fingerprint density at radius 1 is 1.08 bits per heavy atom. The SMILES string of the molecule is COc1cc(C[NH2+]C[C@H]2CCCO2)ccc1OCCc1ccccc1. The summed E-state index contributed by atoms with van der Waals surface area (Å²) in [6, 6.07) is 16.6. The highest BCUT2D eigenvalue weighted by atomic mass is 16.5. The van der Waals surface area contributed by atoms with Gasteiger partial charge in [-0.05, 0) is 36.6 Å². The molecule has 2 aromatic rings. The Morgan fingerprint density at radius 2 is 1.96 bits per heavy atom. The van der Waals surface area contributed by atoms with E-state index < -0.39 is 0 Å². The van der Waals surface area contributed by atoms with E-state index in [2.05, 4.69) is 41.7 Å². The molecule has 4 nitrogen and oxygen atoms in total. The lowest BCUT2D eigenvalue weighted by atomic mass is 10.1. The predicted molar refractivity (Wildman–Crippen MR) is 98.1 cm³/mol. The van der Waals surface area contributed by atoms with Crippen LogP contribution in [0.3, 0.4) is 0 Å². The zero-order valence-electron chi connectivity index (χ0n) is 14.9. The Kier molecular flexibility index (Phi) is 6.71. The average molecular weight is 342 g/mol. The van der Waals surface area contributed by atoms with Gasteiger partial charge >= 0.3 is 0 Å². The van der Waals surface area contributed by atoms with E-state index in [4.69, 9.17) is 14.2 Å². The lowest BCUT2D eigenvalue weighted by Gasteiger charge is -2.13. The summed E-state index contributed by atoms with van der Waals surface area (Å²) < 4.78 is 17.1. The maximum absolute atomic E-state index is 5.92. The second-order valence-corrected chi connectivity index (χ2v) is 6.43. The van der Waals surface area contributed by atoms with Crippen LogP contribution in [0.15, 0.2) is 48.5 Å². The maximum Gasteiger partial charge on any atom is 0.161 e. The van der Waals surface area contributed by atoms with Crippen molar-refractivity contribution in [3.05, 3.63) is 59.7 Å². The van der Waals surface area contributed by atoms with Gasteiger partial charge in [0.2, 0.25) is 0 Å². The van der Waals surface area contributed by atoms with E-state index in [1.807, 2.05) is 12.1 Å². The molecule has 3 rings (SSSR count). The number of rotatable bonds is 9. The molecule has 134 valence electrons. The Balaban J connectivity index is 1.48. The van der Waals surface area contributed by atoms with E-state index in [9.17, 15) is 0 Å². The van der Waals surface area contributed by atoms with Crippen LogP contribution in [-0.2, 0) is 17.7 Å². The van der Waals surface area contributed by atoms with Gasteiger partial charge in [0.05, 0.1) is 13.7 Å². The van der Waals surface area contributed by atoms with Crippen LogP contribution in [0.4, 0.5) is 0 Å². The van der Waals surface area contributed by atoms with E-state index in [0.29, 0.717) is 12.7 Å². The van der Waals surface area contributed by atoms with Gasteiger partial charge in [-0.1, -0.05) is 30.3 Å². The molecule has 4 heteroatoms. The number of ether oxygens (including phenoxy) is 3. The maximum atomic E-state index is 5.92. The summed E-state index contributed by atoms with van der Waals surface area (Å²) in [6.07, 6.45) is 3.69. The molecular weight excluding hydrogens is 314 g/mol. The van der Waals surface area contributed by atoms with Crippen LogP contribution in [0.2, 0.25) is 0 Å². The van der Waals surface area contributed by atoms with Gasteiger partial charge in [-0.3, -0.25) is 0 Å². The highest BCUT2D eigenvalue weighted by Crippen LogP contribution is 2.28. The monoisotopic (exact) mass is 342 g/mol. The molecule has 25 heavy (non-hydrogen) atoms. The molecule has 1 saturated heterocycles. The molecule has 2 aromatic carbocycles. The van der Waals surface area contributed by atoms with Crippen LogP contribution in [0.5, 0.6) is 11.5 Å². The predicted octanol–water partition coefficient (Wildman–Crippen LogP) is 2.56. The van der Waals surface area contributed by atoms with E-state index in [1.54, 1.807) is 7.11 Å². The zero-order chi connectivity index (χ0) is 17.3. The van der Waals surface area contributed by atoms with Crippen molar-refractivity contribution in [2.45, 2.75) is 31.9 Å². The van der Waals surface area contributed by atoms with Gasteiger partial charge in [0.25, 0.3) is 0 Å². The number of quaternary nitrogens is 1. The average Bonchev–Trinajstić information content (AvgIpc) is 3.17. The minimum atomic E-state index is 0.419. The van der Waals surface area contributed by atoms with Crippen molar-refractivity contribution in [1.82, 2.24) is 0 Å². The number of methoxy groups -OCH3 is 1. The topological polar surface area (TPSA) is 44.3 Å². The second-order valence-electron chi connectivity index (χ2n) is 6.43. The molecule has 0 aliphatic carbocycles. The fourth-order valence-electron chi connectivity index (χ4n) is 3.15. The number of hydrogen-bond donors (Lipinski definition) is 1. The largest absolute Gasteiger partial charge is 0.493 e. The number of hydrogen-bond acceptors (Lipinski definition) is 3.